The van der Waals surface area contributed by atoms with Crippen LogP contribution in [0.15, 0.2) is 188 Å². The number of hydrogen-bond acceptors (Lipinski definition) is 1. The van der Waals surface area contributed by atoms with Crippen LogP contribution in [0.3, 0.4) is 0 Å². The third-order valence-corrected chi connectivity index (χ3v) is 14.8. The van der Waals surface area contributed by atoms with Crippen molar-refractivity contribution in [1.82, 2.24) is 0 Å². The Labute approximate surface area is 362 Å². The molecule has 0 aliphatic heterocycles. The lowest BCUT2D eigenvalue weighted by atomic mass is 9.61. The predicted molar refractivity (Wildman–Crippen MR) is 257 cm³/mol. The number of anilines is 3. The number of nitrogens with zero attached hydrogens (tertiary/aromatic N) is 1. The van der Waals surface area contributed by atoms with Gasteiger partial charge in [0.05, 0.1) is 11.1 Å². The van der Waals surface area contributed by atoms with E-state index in [4.69, 9.17) is 0 Å². The highest BCUT2D eigenvalue weighted by Crippen LogP contribution is 2.59. The molecule has 8 aromatic rings. The number of fused-ring (bicyclic) bond motifs is 7. The largest absolute Gasteiger partial charge is 0.310 e. The van der Waals surface area contributed by atoms with E-state index in [1.807, 2.05) is 0 Å². The minimum Gasteiger partial charge on any atom is -0.310 e. The average molecular weight is 788 g/mol. The minimum atomic E-state index is -0.509. The first-order valence-electron chi connectivity index (χ1n) is 22.2. The SMILES string of the molecule is CC1(C)CCC(C)(C)c2c(-c3cc4c(cc3N(c3ccccc3)c3ccc5c(c3)C(c3ccccc3)(c3ccccc3)c3ccccc3-5)C(C)(C)c3ccccc3-4)cccc21. The van der Waals surface area contributed by atoms with Crippen LogP contribution in [0.25, 0.3) is 33.4 Å². The van der Waals surface area contributed by atoms with E-state index in [-0.39, 0.29) is 16.2 Å². The molecule has 8 aromatic carbocycles. The molecule has 0 spiro atoms. The van der Waals surface area contributed by atoms with Gasteiger partial charge in [0.2, 0.25) is 0 Å². The molecule has 0 amide bonds. The Morgan fingerprint density at radius 3 is 1.54 bits per heavy atom. The van der Waals surface area contributed by atoms with Gasteiger partial charge < -0.3 is 4.90 Å². The Bertz CT molecular complexity index is 2950. The fourth-order valence-corrected chi connectivity index (χ4v) is 11.7. The smallest absolute Gasteiger partial charge is 0.0714 e. The lowest BCUT2D eigenvalue weighted by Gasteiger charge is -2.43. The van der Waals surface area contributed by atoms with Crippen molar-refractivity contribution in [3.05, 3.63) is 233 Å². The molecule has 0 bridgehead atoms. The average Bonchev–Trinajstić information content (AvgIpc) is 3.71. The molecule has 0 N–H and O–H groups in total. The highest BCUT2D eigenvalue weighted by Gasteiger charge is 2.47. The van der Waals surface area contributed by atoms with Crippen LogP contribution >= 0.6 is 0 Å². The maximum Gasteiger partial charge on any atom is 0.0714 e. The molecule has 11 rings (SSSR count). The number of benzene rings is 8. The fraction of sp³-hybridized carbons (Fsp3) is 0.200. The Kier molecular flexibility index (Phi) is 8.33. The monoisotopic (exact) mass is 787 g/mol. The summed E-state index contributed by atoms with van der Waals surface area (Å²) in [6.07, 6.45) is 2.32. The van der Waals surface area contributed by atoms with Crippen LogP contribution in [0.2, 0.25) is 0 Å². The molecule has 1 heteroatoms. The van der Waals surface area contributed by atoms with Crippen LogP contribution in [0, 0.1) is 0 Å². The van der Waals surface area contributed by atoms with Gasteiger partial charge in [0, 0.05) is 22.4 Å². The molecule has 0 radical (unpaired) electrons. The van der Waals surface area contributed by atoms with E-state index in [2.05, 4.69) is 234 Å². The summed E-state index contributed by atoms with van der Waals surface area (Å²) in [7, 11) is 0. The van der Waals surface area contributed by atoms with E-state index >= 15 is 0 Å². The Morgan fingerprint density at radius 1 is 0.344 bits per heavy atom. The minimum absolute atomic E-state index is 0.0107. The molecule has 298 valence electrons. The summed E-state index contributed by atoms with van der Waals surface area (Å²) < 4.78 is 0. The summed E-state index contributed by atoms with van der Waals surface area (Å²) >= 11 is 0. The fourth-order valence-electron chi connectivity index (χ4n) is 11.7. The second-order valence-corrected chi connectivity index (χ2v) is 19.5. The van der Waals surface area contributed by atoms with Crippen molar-refractivity contribution < 1.29 is 0 Å². The zero-order valence-electron chi connectivity index (χ0n) is 36.3. The Morgan fingerprint density at radius 2 is 0.869 bits per heavy atom. The third kappa shape index (κ3) is 5.46. The second-order valence-electron chi connectivity index (χ2n) is 19.5. The van der Waals surface area contributed by atoms with Crippen molar-refractivity contribution in [2.24, 2.45) is 0 Å². The molecule has 3 aliphatic carbocycles. The number of hydrogen-bond donors (Lipinski definition) is 0. The highest BCUT2D eigenvalue weighted by molar-refractivity contribution is 5.97. The molecule has 61 heavy (non-hydrogen) atoms. The van der Waals surface area contributed by atoms with Crippen LogP contribution in [0.5, 0.6) is 0 Å². The number of rotatable bonds is 6. The maximum absolute atomic E-state index is 2.57. The van der Waals surface area contributed by atoms with E-state index in [9.17, 15) is 0 Å². The normalized spacial score (nSPS) is 16.8. The molecule has 0 saturated carbocycles. The van der Waals surface area contributed by atoms with Gasteiger partial charge in [0.15, 0.2) is 0 Å². The van der Waals surface area contributed by atoms with Crippen LogP contribution in [0.1, 0.15) is 98.9 Å². The quantitative estimate of drug-likeness (QED) is 0.162. The van der Waals surface area contributed by atoms with Crippen molar-refractivity contribution >= 4 is 17.1 Å². The lowest BCUT2D eigenvalue weighted by Crippen LogP contribution is -2.34. The van der Waals surface area contributed by atoms with Crippen molar-refractivity contribution in [3.8, 4) is 33.4 Å². The van der Waals surface area contributed by atoms with E-state index in [1.165, 1.54) is 90.0 Å². The van der Waals surface area contributed by atoms with Crippen LogP contribution in [-0.2, 0) is 21.7 Å². The van der Waals surface area contributed by atoms with Gasteiger partial charge in [-0.25, -0.2) is 0 Å². The second kappa shape index (κ2) is 13.5. The molecule has 0 fully saturated rings. The van der Waals surface area contributed by atoms with E-state index in [0.29, 0.717) is 0 Å². The van der Waals surface area contributed by atoms with Gasteiger partial charge in [0.1, 0.15) is 0 Å². The van der Waals surface area contributed by atoms with E-state index < -0.39 is 5.41 Å². The van der Waals surface area contributed by atoms with Crippen molar-refractivity contribution in [2.75, 3.05) is 4.90 Å². The lowest BCUT2D eigenvalue weighted by molar-refractivity contribution is 0.333. The van der Waals surface area contributed by atoms with E-state index in [0.717, 1.165) is 17.8 Å². The maximum atomic E-state index is 2.57. The Balaban J connectivity index is 1.24. The molecule has 0 atom stereocenters. The summed E-state index contributed by atoms with van der Waals surface area (Å²) in [5.41, 5.74) is 21.7. The first-order chi connectivity index (χ1) is 29.5. The van der Waals surface area contributed by atoms with Crippen LogP contribution < -0.4 is 4.90 Å². The molecular formula is C60H53N. The summed E-state index contributed by atoms with van der Waals surface area (Å²) in [6.45, 7) is 14.6. The topological polar surface area (TPSA) is 3.24 Å². The first kappa shape index (κ1) is 37.6. The highest BCUT2D eigenvalue weighted by atomic mass is 15.1. The van der Waals surface area contributed by atoms with Gasteiger partial charge >= 0.3 is 0 Å². The molecule has 0 unspecified atom stereocenters. The molecule has 0 heterocycles. The van der Waals surface area contributed by atoms with Crippen LogP contribution in [-0.4, -0.2) is 0 Å². The molecular weight excluding hydrogens is 735 g/mol. The Hall–Kier alpha value is -6.44. The summed E-state index contributed by atoms with van der Waals surface area (Å²) in [6, 6.07) is 71.1. The predicted octanol–water partition coefficient (Wildman–Crippen LogP) is 15.8. The summed E-state index contributed by atoms with van der Waals surface area (Å²) in [4.78, 5) is 2.57. The molecule has 1 nitrogen and oxygen atoms in total. The molecule has 0 aromatic heterocycles. The van der Waals surface area contributed by atoms with Gasteiger partial charge in [-0.15, -0.1) is 0 Å². The van der Waals surface area contributed by atoms with Gasteiger partial charge in [-0.1, -0.05) is 193 Å². The summed E-state index contributed by atoms with van der Waals surface area (Å²) in [5.74, 6) is 0. The third-order valence-electron chi connectivity index (χ3n) is 14.8. The van der Waals surface area contributed by atoms with Crippen molar-refractivity contribution in [3.63, 3.8) is 0 Å². The zero-order chi connectivity index (χ0) is 41.7. The van der Waals surface area contributed by atoms with Gasteiger partial charge in [-0.3, -0.25) is 0 Å². The molecule has 3 aliphatic rings. The van der Waals surface area contributed by atoms with Crippen molar-refractivity contribution in [1.29, 1.82) is 0 Å². The molecule has 0 saturated heterocycles. The van der Waals surface area contributed by atoms with Crippen LogP contribution in [0.4, 0.5) is 17.1 Å². The number of para-hydroxylation sites is 1. The first-order valence-corrected chi connectivity index (χ1v) is 22.2. The zero-order valence-corrected chi connectivity index (χ0v) is 36.3. The summed E-state index contributed by atoms with van der Waals surface area (Å²) in [5, 5.41) is 0. The van der Waals surface area contributed by atoms with Crippen molar-refractivity contribution in [2.45, 2.75) is 76.0 Å². The van der Waals surface area contributed by atoms with Gasteiger partial charge in [-0.05, 0) is 132 Å². The van der Waals surface area contributed by atoms with E-state index in [1.54, 1.807) is 0 Å². The van der Waals surface area contributed by atoms with Gasteiger partial charge in [0.25, 0.3) is 0 Å². The standard InChI is InChI=1S/C60H53N/c1-57(2)35-36-58(3,4)56-47(29-20-32-52(56)57)49-38-48-45-28-16-18-30-50(45)59(5,6)53(48)39-55(49)61(42-25-14-9-15-26-42)43-33-34-46-44-27-17-19-31-51(44)60(54(46)37-43,40-21-10-7-11-22-40)41-23-12-8-13-24-41/h7-34,37-39H,35-36H2,1-6H3. The van der Waals surface area contributed by atoms with Gasteiger partial charge in [-0.2, -0.15) is 0 Å².